The first-order chi connectivity index (χ1) is 18.6. The summed E-state index contributed by atoms with van der Waals surface area (Å²) < 4.78 is 5.73. The van der Waals surface area contributed by atoms with Crippen LogP contribution >= 0.6 is 0 Å². The zero-order chi connectivity index (χ0) is 28.3. The topological polar surface area (TPSA) is 107 Å². The number of aliphatic carboxylic acids is 1. The highest BCUT2D eigenvalue weighted by Gasteiger charge is 2.47. The maximum absolute atomic E-state index is 13.4. The number of aliphatic hydroxyl groups excluding tert-OH is 1. The number of amides is 1. The van der Waals surface area contributed by atoms with Crippen LogP contribution in [0.25, 0.3) is 5.76 Å². The van der Waals surface area contributed by atoms with E-state index in [4.69, 9.17) is 9.84 Å². The second-order valence-corrected chi connectivity index (χ2v) is 10.1. The van der Waals surface area contributed by atoms with Gasteiger partial charge in [0.25, 0.3) is 11.7 Å². The SMILES string of the molecule is CC(C)COc1ccc(/C(O)=C2/C(=O)C(=O)N(c3ccc(CC(=O)O)cc3)C2c2ccc(N(C)C)cc2)cc1. The molecular weight excluding hydrogens is 496 g/mol. The molecule has 1 heterocycles. The van der Waals surface area contributed by atoms with Gasteiger partial charge in [-0.05, 0) is 65.6 Å². The number of rotatable bonds is 9. The van der Waals surface area contributed by atoms with Crippen molar-refractivity contribution >= 4 is 34.8 Å². The first-order valence-corrected chi connectivity index (χ1v) is 12.7. The highest BCUT2D eigenvalue weighted by Crippen LogP contribution is 2.42. The van der Waals surface area contributed by atoms with Gasteiger partial charge in [-0.1, -0.05) is 38.1 Å². The van der Waals surface area contributed by atoms with E-state index in [9.17, 15) is 19.5 Å². The number of hydrogen-bond acceptors (Lipinski definition) is 6. The average Bonchev–Trinajstić information content (AvgIpc) is 3.17. The molecule has 4 rings (SSSR count). The Morgan fingerprint density at radius 2 is 1.54 bits per heavy atom. The third-order valence-corrected chi connectivity index (χ3v) is 6.45. The molecule has 202 valence electrons. The van der Waals surface area contributed by atoms with Crippen LogP contribution in [-0.4, -0.2) is 48.6 Å². The minimum absolute atomic E-state index is 0.0249. The molecule has 1 aliphatic heterocycles. The Morgan fingerprint density at radius 1 is 0.923 bits per heavy atom. The fourth-order valence-corrected chi connectivity index (χ4v) is 4.45. The molecule has 0 aliphatic carbocycles. The van der Waals surface area contributed by atoms with Crippen LogP contribution in [0.5, 0.6) is 5.75 Å². The molecule has 1 aliphatic rings. The number of anilines is 2. The van der Waals surface area contributed by atoms with Crippen molar-refractivity contribution in [3.8, 4) is 5.75 Å². The van der Waals surface area contributed by atoms with E-state index in [0.29, 0.717) is 40.7 Å². The molecule has 3 aromatic carbocycles. The minimum atomic E-state index is -0.968. The van der Waals surface area contributed by atoms with E-state index in [1.54, 1.807) is 48.5 Å². The molecule has 8 nitrogen and oxygen atoms in total. The molecular formula is C31H32N2O6. The number of ketones is 1. The fraction of sp³-hybridized carbons (Fsp3) is 0.258. The number of nitrogens with zero attached hydrogens (tertiary/aromatic N) is 2. The summed E-state index contributed by atoms with van der Waals surface area (Å²) in [6, 6.07) is 19.7. The third kappa shape index (κ3) is 5.95. The van der Waals surface area contributed by atoms with Crippen molar-refractivity contribution in [2.75, 3.05) is 30.5 Å². The molecule has 2 N–H and O–H groups in total. The van der Waals surface area contributed by atoms with Crippen LogP contribution in [0.2, 0.25) is 0 Å². The normalized spacial score (nSPS) is 16.5. The van der Waals surface area contributed by atoms with E-state index < -0.39 is 23.7 Å². The standard InChI is InChI=1S/C31H32N2O6/c1-19(2)18-39-25-15-9-22(10-16-25)29(36)27-28(21-7-13-23(14-8-21)32(3)4)33(31(38)30(27)37)24-11-5-20(6-12-24)17-26(34)35/h5-16,19,28,36H,17-18H2,1-4H3,(H,34,35)/b29-27-. The molecule has 0 aromatic heterocycles. The number of carbonyl (C=O) groups excluding carboxylic acids is 2. The summed E-state index contributed by atoms with van der Waals surface area (Å²) in [6.45, 7) is 4.64. The quantitative estimate of drug-likeness (QED) is 0.228. The second-order valence-electron chi connectivity index (χ2n) is 10.1. The van der Waals surface area contributed by atoms with Gasteiger partial charge in [0.1, 0.15) is 11.5 Å². The van der Waals surface area contributed by atoms with Gasteiger partial charge in [-0.3, -0.25) is 19.3 Å². The predicted molar refractivity (Wildman–Crippen MR) is 150 cm³/mol. The number of Topliss-reactive ketones (excluding diaryl/α,β-unsaturated/α-hetero) is 1. The van der Waals surface area contributed by atoms with Gasteiger partial charge in [0, 0.05) is 31.0 Å². The summed E-state index contributed by atoms with van der Waals surface area (Å²) in [5.41, 5.74) is 2.93. The average molecular weight is 529 g/mol. The molecule has 1 amide bonds. The summed E-state index contributed by atoms with van der Waals surface area (Å²) in [6.07, 6.45) is -0.161. The van der Waals surface area contributed by atoms with Crippen LogP contribution in [0.1, 0.15) is 36.6 Å². The first-order valence-electron chi connectivity index (χ1n) is 12.7. The maximum Gasteiger partial charge on any atom is 0.307 e. The van der Waals surface area contributed by atoms with Gasteiger partial charge in [0.15, 0.2) is 0 Å². The third-order valence-electron chi connectivity index (χ3n) is 6.45. The van der Waals surface area contributed by atoms with Gasteiger partial charge >= 0.3 is 5.97 Å². The van der Waals surface area contributed by atoms with E-state index in [1.807, 2.05) is 57.1 Å². The lowest BCUT2D eigenvalue weighted by molar-refractivity contribution is -0.136. The van der Waals surface area contributed by atoms with Gasteiger partial charge in [-0.2, -0.15) is 0 Å². The molecule has 39 heavy (non-hydrogen) atoms. The van der Waals surface area contributed by atoms with Crippen molar-refractivity contribution in [3.63, 3.8) is 0 Å². The van der Waals surface area contributed by atoms with Crippen molar-refractivity contribution in [1.29, 1.82) is 0 Å². The van der Waals surface area contributed by atoms with Gasteiger partial charge in [0.05, 0.1) is 24.6 Å². The van der Waals surface area contributed by atoms with Crippen molar-refractivity contribution in [2.45, 2.75) is 26.3 Å². The summed E-state index contributed by atoms with van der Waals surface area (Å²) in [7, 11) is 3.82. The van der Waals surface area contributed by atoms with Gasteiger partial charge in [0.2, 0.25) is 0 Å². The van der Waals surface area contributed by atoms with Crippen molar-refractivity contribution in [2.24, 2.45) is 5.92 Å². The van der Waals surface area contributed by atoms with Crippen LogP contribution in [-0.2, 0) is 20.8 Å². The number of aliphatic hydroxyl groups is 1. The van der Waals surface area contributed by atoms with Crippen LogP contribution < -0.4 is 14.5 Å². The molecule has 0 saturated carbocycles. The number of benzene rings is 3. The van der Waals surface area contributed by atoms with Crippen LogP contribution in [0.4, 0.5) is 11.4 Å². The largest absolute Gasteiger partial charge is 0.507 e. The van der Waals surface area contributed by atoms with Crippen LogP contribution in [0.3, 0.4) is 0 Å². The number of hydrogen-bond donors (Lipinski definition) is 2. The molecule has 1 unspecified atom stereocenters. The molecule has 1 saturated heterocycles. The fourth-order valence-electron chi connectivity index (χ4n) is 4.45. The highest BCUT2D eigenvalue weighted by molar-refractivity contribution is 6.51. The Labute approximate surface area is 227 Å². The highest BCUT2D eigenvalue weighted by atomic mass is 16.5. The first kappa shape index (κ1) is 27.4. The predicted octanol–water partition coefficient (Wildman–Crippen LogP) is 5.04. The zero-order valence-corrected chi connectivity index (χ0v) is 22.4. The molecule has 1 atom stereocenters. The molecule has 3 aromatic rings. The lowest BCUT2D eigenvalue weighted by atomic mass is 9.94. The number of carboxylic acid groups (broad SMARTS) is 1. The minimum Gasteiger partial charge on any atom is -0.507 e. The summed E-state index contributed by atoms with van der Waals surface area (Å²) in [5, 5.41) is 20.5. The molecule has 8 heteroatoms. The Kier molecular flexibility index (Phi) is 8.04. The summed E-state index contributed by atoms with van der Waals surface area (Å²) >= 11 is 0. The van der Waals surface area contributed by atoms with E-state index in [0.717, 1.165) is 5.69 Å². The smallest absolute Gasteiger partial charge is 0.307 e. The number of carbonyl (C=O) groups is 3. The van der Waals surface area contributed by atoms with Gasteiger partial charge in [-0.15, -0.1) is 0 Å². The molecule has 0 bridgehead atoms. The van der Waals surface area contributed by atoms with Gasteiger partial charge < -0.3 is 19.8 Å². The lowest BCUT2D eigenvalue weighted by Crippen LogP contribution is -2.29. The second kappa shape index (κ2) is 11.4. The molecule has 1 fully saturated rings. The Bertz CT molecular complexity index is 1390. The Morgan fingerprint density at radius 3 is 2.08 bits per heavy atom. The number of carboxylic acids is 1. The van der Waals surface area contributed by atoms with Crippen LogP contribution in [0.15, 0.2) is 78.4 Å². The van der Waals surface area contributed by atoms with Crippen molar-refractivity contribution in [1.82, 2.24) is 0 Å². The lowest BCUT2D eigenvalue weighted by Gasteiger charge is -2.26. The Balaban J connectivity index is 1.80. The van der Waals surface area contributed by atoms with E-state index in [1.165, 1.54) is 4.90 Å². The van der Waals surface area contributed by atoms with E-state index in [-0.39, 0.29) is 17.8 Å². The van der Waals surface area contributed by atoms with E-state index in [2.05, 4.69) is 0 Å². The monoisotopic (exact) mass is 528 g/mol. The maximum atomic E-state index is 13.4. The van der Waals surface area contributed by atoms with Gasteiger partial charge in [-0.25, -0.2) is 0 Å². The van der Waals surface area contributed by atoms with Crippen LogP contribution in [0, 0.1) is 5.92 Å². The number of ether oxygens (including phenoxy) is 1. The molecule has 0 radical (unpaired) electrons. The Hall–Kier alpha value is -4.59. The van der Waals surface area contributed by atoms with E-state index >= 15 is 0 Å². The van der Waals surface area contributed by atoms with Crippen molar-refractivity contribution in [3.05, 3.63) is 95.1 Å². The van der Waals surface area contributed by atoms with Crippen molar-refractivity contribution < 1.29 is 29.3 Å². The zero-order valence-electron chi connectivity index (χ0n) is 22.4. The molecule has 0 spiro atoms. The summed E-state index contributed by atoms with van der Waals surface area (Å²) in [5.74, 6) is -1.84. The summed E-state index contributed by atoms with van der Waals surface area (Å²) in [4.78, 5) is 41.2.